The van der Waals surface area contributed by atoms with Crippen LogP contribution in [0.15, 0.2) is 11.9 Å². The lowest BCUT2D eigenvalue weighted by molar-refractivity contribution is 0.00666. The maximum Gasteiger partial charge on any atom is 0.301 e. The van der Waals surface area contributed by atoms with Gasteiger partial charge in [-0.2, -0.15) is 8.78 Å². The molecular formula is C19H31F3O. The molecule has 0 radical (unpaired) electrons. The van der Waals surface area contributed by atoms with Crippen LogP contribution in [0.5, 0.6) is 0 Å². The molecule has 0 aromatic rings. The smallest absolute Gasteiger partial charge is 0.301 e. The van der Waals surface area contributed by atoms with Crippen LogP contribution in [-0.2, 0) is 4.74 Å². The van der Waals surface area contributed by atoms with Crippen LogP contribution in [-0.4, -0.2) is 12.7 Å². The minimum absolute atomic E-state index is 0.0701. The van der Waals surface area contributed by atoms with Crippen LogP contribution in [0, 0.1) is 17.8 Å². The first-order chi connectivity index (χ1) is 11.1. The molecule has 2 fully saturated rings. The number of halogens is 3. The summed E-state index contributed by atoms with van der Waals surface area (Å²) in [5.41, 5.74) is 0. The molecule has 0 heterocycles. The van der Waals surface area contributed by atoms with Gasteiger partial charge in [-0.15, -0.1) is 0 Å². The summed E-state index contributed by atoms with van der Waals surface area (Å²) in [6.07, 6.45) is 10.2. The molecule has 4 heteroatoms. The maximum absolute atomic E-state index is 12.7. The summed E-state index contributed by atoms with van der Waals surface area (Å²) in [4.78, 5) is 0. The summed E-state index contributed by atoms with van der Waals surface area (Å²) in [6.45, 7) is 2.34. The third kappa shape index (κ3) is 6.13. The van der Waals surface area contributed by atoms with Gasteiger partial charge < -0.3 is 4.74 Å². The molecule has 2 rings (SSSR count). The third-order valence-electron chi connectivity index (χ3n) is 5.85. The molecule has 0 aliphatic heterocycles. The molecular weight excluding hydrogens is 301 g/mol. The Morgan fingerprint density at radius 3 is 1.96 bits per heavy atom. The van der Waals surface area contributed by atoms with Crippen molar-refractivity contribution in [1.29, 1.82) is 0 Å². The molecule has 0 amide bonds. The molecule has 0 N–H and O–H groups in total. The minimum Gasteiger partial charge on any atom is -0.378 e. The van der Waals surface area contributed by atoms with Gasteiger partial charge in [0.25, 0.3) is 0 Å². The standard InChI is InChI=1S/C19H31F3O/c1-2-3-14-4-6-15(7-5-14)16-8-10-17(11-9-16)23-13-12-18(20)19(21)22/h14-17H,2-13H2,1H3. The second-order valence-electron chi connectivity index (χ2n) is 7.39. The van der Waals surface area contributed by atoms with Gasteiger partial charge in [-0.3, -0.25) is 0 Å². The fraction of sp³-hybridized carbons (Fsp3) is 0.895. The summed E-state index contributed by atoms with van der Waals surface area (Å²) in [5, 5.41) is 0. The van der Waals surface area contributed by atoms with Crippen molar-refractivity contribution in [2.75, 3.05) is 6.61 Å². The summed E-state index contributed by atoms with van der Waals surface area (Å²) in [7, 11) is 0. The summed E-state index contributed by atoms with van der Waals surface area (Å²) < 4.78 is 42.3. The van der Waals surface area contributed by atoms with E-state index in [-0.39, 0.29) is 19.1 Å². The quantitative estimate of drug-likeness (QED) is 0.508. The SMILES string of the molecule is CCCC1CCC(C2CCC(OCCC(F)=C(F)F)CC2)CC1. The molecule has 0 aromatic carbocycles. The Balaban J connectivity index is 1.62. The van der Waals surface area contributed by atoms with Gasteiger partial charge in [-0.1, -0.05) is 32.6 Å². The van der Waals surface area contributed by atoms with Crippen LogP contribution in [0.4, 0.5) is 13.2 Å². The van der Waals surface area contributed by atoms with Crippen molar-refractivity contribution in [1.82, 2.24) is 0 Å². The van der Waals surface area contributed by atoms with Crippen molar-refractivity contribution in [3.63, 3.8) is 0 Å². The summed E-state index contributed by atoms with van der Waals surface area (Å²) in [6, 6.07) is 0. The van der Waals surface area contributed by atoms with Gasteiger partial charge in [0.1, 0.15) is 0 Å². The molecule has 0 unspecified atom stereocenters. The molecule has 1 nitrogen and oxygen atoms in total. The third-order valence-corrected chi connectivity index (χ3v) is 5.85. The zero-order valence-corrected chi connectivity index (χ0v) is 14.3. The van der Waals surface area contributed by atoms with Crippen LogP contribution in [0.1, 0.15) is 77.6 Å². The maximum atomic E-state index is 12.7. The first-order valence-electron chi connectivity index (χ1n) is 9.41. The Kier molecular flexibility index (Phi) is 7.94. The van der Waals surface area contributed by atoms with Crippen molar-refractivity contribution < 1.29 is 17.9 Å². The van der Waals surface area contributed by atoms with E-state index >= 15 is 0 Å². The summed E-state index contributed by atoms with van der Waals surface area (Å²) in [5.74, 6) is 1.32. The predicted molar refractivity (Wildman–Crippen MR) is 87.0 cm³/mol. The van der Waals surface area contributed by atoms with Crippen LogP contribution < -0.4 is 0 Å². The predicted octanol–water partition coefficient (Wildman–Crippen LogP) is 6.64. The lowest BCUT2D eigenvalue weighted by atomic mass is 9.70. The van der Waals surface area contributed by atoms with Gasteiger partial charge in [0.05, 0.1) is 12.7 Å². The van der Waals surface area contributed by atoms with Crippen LogP contribution in [0.2, 0.25) is 0 Å². The highest BCUT2D eigenvalue weighted by Crippen LogP contribution is 2.41. The Hall–Kier alpha value is -0.510. The zero-order valence-electron chi connectivity index (χ0n) is 14.3. The topological polar surface area (TPSA) is 9.23 Å². The van der Waals surface area contributed by atoms with Crippen LogP contribution >= 0.6 is 0 Å². The Labute approximate surface area is 138 Å². The van der Waals surface area contributed by atoms with E-state index in [1.54, 1.807) is 0 Å². The van der Waals surface area contributed by atoms with Crippen molar-refractivity contribution >= 4 is 0 Å². The van der Waals surface area contributed by atoms with Crippen molar-refractivity contribution in [3.05, 3.63) is 11.9 Å². The number of ether oxygens (including phenoxy) is 1. The fourth-order valence-corrected chi connectivity index (χ4v) is 4.49. The summed E-state index contributed by atoms with van der Waals surface area (Å²) >= 11 is 0. The molecule has 0 spiro atoms. The van der Waals surface area contributed by atoms with Crippen molar-refractivity contribution in [3.8, 4) is 0 Å². The average molecular weight is 332 g/mol. The number of hydrogen-bond acceptors (Lipinski definition) is 1. The molecule has 2 saturated carbocycles. The lowest BCUT2D eigenvalue weighted by Gasteiger charge is -2.37. The molecule has 0 aromatic heterocycles. The molecule has 0 atom stereocenters. The van der Waals surface area contributed by atoms with Gasteiger partial charge in [0.15, 0.2) is 5.83 Å². The first kappa shape index (κ1) is 18.8. The van der Waals surface area contributed by atoms with Gasteiger partial charge in [0, 0.05) is 6.42 Å². The number of hydrogen-bond donors (Lipinski definition) is 0. The van der Waals surface area contributed by atoms with E-state index in [9.17, 15) is 13.2 Å². The van der Waals surface area contributed by atoms with E-state index in [2.05, 4.69) is 6.92 Å². The molecule has 2 aliphatic carbocycles. The van der Waals surface area contributed by atoms with Gasteiger partial charge in [-0.25, -0.2) is 4.39 Å². The van der Waals surface area contributed by atoms with E-state index in [1.807, 2.05) is 0 Å². The Morgan fingerprint density at radius 1 is 0.870 bits per heavy atom. The van der Waals surface area contributed by atoms with Crippen LogP contribution in [0.25, 0.3) is 0 Å². The second kappa shape index (κ2) is 9.71. The molecule has 0 bridgehead atoms. The average Bonchev–Trinajstić information content (AvgIpc) is 2.56. The fourth-order valence-electron chi connectivity index (χ4n) is 4.49. The highest BCUT2D eigenvalue weighted by Gasteiger charge is 2.30. The lowest BCUT2D eigenvalue weighted by Crippen LogP contribution is -2.28. The number of rotatable bonds is 7. The highest BCUT2D eigenvalue weighted by atomic mass is 19.3. The van der Waals surface area contributed by atoms with E-state index in [0.29, 0.717) is 0 Å². The molecule has 0 saturated heterocycles. The molecule has 23 heavy (non-hydrogen) atoms. The van der Waals surface area contributed by atoms with Crippen molar-refractivity contribution in [2.45, 2.75) is 83.7 Å². The molecule has 134 valence electrons. The van der Waals surface area contributed by atoms with Gasteiger partial charge in [-0.05, 0) is 56.3 Å². The van der Waals surface area contributed by atoms with Gasteiger partial charge in [0.2, 0.25) is 0 Å². The van der Waals surface area contributed by atoms with E-state index in [0.717, 1.165) is 30.6 Å². The normalized spacial score (nSPS) is 31.8. The van der Waals surface area contributed by atoms with Crippen molar-refractivity contribution in [2.24, 2.45) is 17.8 Å². The molecule has 2 aliphatic rings. The van der Waals surface area contributed by atoms with Gasteiger partial charge >= 0.3 is 6.08 Å². The zero-order chi connectivity index (χ0) is 16.7. The Bertz CT molecular complexity index is 363. The van der Waals surface area contributed by atoms with E-state index in [1.165, 1.54) is 51.4 Å². The monoisotopic (exact) mass is 332 g/mol. The van der Waals surface area contributed by atoms with Crippen LogP contribution in [0.3, 0.4) is 0 Å². The highest BCUT2D eigenvalue weighted by molar-refractivity contribution is 4.91. The Morgan fingerprint density at radius 2 is 1.43 bits per heavy atom. The largest absolute Gasteiger partial charge is 0.378 e. The first-order valence-corrected chi connectivity index (χ1v) is 9.41. The van der Waals surface area contributed by atoms with E-state index in [4.69, 9.17) is 4.74 Å². The second-order valence-corrected chi connectivity index (χ2v) is 7.39. The minimum atomic E-state index is -2.21. The van der Waals surface area contributed by atoms with E-state index < -0.39 is 11.9 Å².